The highest BCUT2D eigenvalue weighted by Gasteiger charge is 2.20. The smallest absolute Gasteiger partial charge is 0.260 e. The molecule has 1 unspecified atom stereocenters. The first-order valence-corrected chi connectivity index (χ1v) is 11.5. The third kappa shape index (κ3) is 4.32. The topological polar surface area (TPSA) is 81.1 Å². The van der Waals surface area contributed by atoms with Crippen molar-refractivity contribution in [3.05, 3.63) is 45.8 Å². The van der Waals surface area contributed by atoms with Crippen LogP contribution in [0.25, 0.3) is 22.2 Å². The van der Waals surface area contributed by atoms with Crippen molar-refractivity contribution < 1.29 is 4.74 Å². The summed E-state index contributed by atoms with van der Waals surface area (Å²) in [5.74, 6) is 0.496. The van der Waals surface area contributed by atoms with E-state index in [0.29, 0.717) is 54.0 Å². The van der Waals surface area contributed by atoms with Gasteiger partial charge < -0.3 is 15.4 Å². The Morgan fingerprint density at radius 1 is 1.37 bits per heavy atom. The summed E-state index contributed by atoms with van der Waals surface area (Å²) >= 11 is 8.15. The predicted molar refractivity (Wildman–Crippen MR) is 123 cm³/mol. The second-order valence-electron chi connectivity index (χ2n) is 7.02. The van der Waals surface area contributed by atoms with E-state index < -0.39 is 0 Å². The molecular weight excluding hydrogens is 422 g/mol. The molecule has 30 heavy (non-hydrogen) atoms. The molecule has 0 bridgehead atoms. The van der Waals surface area contributed by atoms with E-state index in [9.17, 15) is 4.79 Å². The quantitative estimate of drug-likeness (QED) is 0.563. The van der Waals surface area contributed by atoms with Gasteiger partial charge in [-0.25, -0.2) is 4.98 Å². The number of aromatic nitrogens is 3. The van der Waals surface area contributed by atoms with Crippen LogP contribution in [0, 0.1) is 0 Å². The van der Waals surface area contributed by atoms with Gasteiger partial charge in [-0.15, -0.1) is 11.8 Å². The van der Waals surface area contributed by atoms with Gasteiger partial charge in [0.15, 0.2) is 0 Å². The first-order valence-electron chi connectivity index (χ1n) is 9.91. The second-order valence-corrected chi connectivity index (χ2v) is 8.31. The van der Waals surface area contributed by atoms with Crippen LogP contribution in [0.2, 0.25) is 5.02 Å². The minimum Gasteiger partial charge on any atom is -0.374 e. The Hall–Kier alpha value is -2.13. The van der Waals surface area contributed by atoms with Crippen LogP contribution in [-0.4, -0.2) is 53.1 Å². The number of thioether (sulfide) groups is 1. The number of morpholine rings is 1. The summed E-state index contributed by atoms with van der Waals surface area (Å²) in [6, 6.07) is 7.57. The molecule has 2 N–H and O–H groups in total. The maximum absolute atomic E-state index is 13.6. The number of hydrogen-bond acceptors (Lipinski definition) is 7. The highest BCUT2D eigenvalue weighted by atomic mass is 35.5. The third-order valence-corrected chi connectivity index (χ3v) is 6.06. The molecule has 3 heterocycles. The van der Waals surface area contributed by atoms with Gasteiger partial charge in [-0.1, -0.05) is 17.7 Å². The molecule has 3 aromatic rings. The summed E-state index contributed by atoms with van der Waals surface area (Å²) in [6.45, 7) is 5.20. The van der Waals surface area contributed by atoms with Crippen LogP contribution in [0.5, 0.6) is 0 Å². The zero-order valence-electron chi connectivity index (χ0n) is 16.9. The van der Waals surface area contributed by atoms with Gasteiger partial charge in [-0.05, 0) is 31.4 Å². The van der Waals surface area contributed by atoms with Crippen LogP contribution in [0.1, 0.15) is 6.92 Å². The van der Waals surface area contributed by atoms with Gasteiger partial charge in [0.05, 0.1) is 19.3 Å². The number of benzene rings is 1. The van der Waals surface area contributed by atoms with Gasteiger partial charge in [0.1, 0.15) is 5.65 Å². The Kier molecular flexibility index (Phi) is 6.58. The molecule has 0 radical (unpaired) electrons. The normalized spacial score (nSPS) is 16.7. The molecule has 1 saturated heterocycles. The van der Waals surface area contributed by atoms with Gasteiger partial charge in [0.2, 0.25) is 5.95 Å². The lowest BCUT2D eigenvalue weighted by Gasteiger charge is -2.25. The molecule has 2 aromatic heterocycles. The van der Waals surface area contributed by atoms with Crippen molar-refractivity contribution in [2.45, 2.75) is 24.5 Å². The lowest BCUT2D eigenvalue weighted by molar-refractivity contribution is 0.0183. The first-order chi connectivity index (χ1) is 14.6. The number of ether oxygens (including phenoxy) is 1. The van der Waals surface area contributed by atoms with Crippen molar-refractivity contribution in [1.29, 1.82) is 0 Å². The maximum Gasteiger partial charge on any atom is 0.260 e. The summed E-state index contributed by atoms with van der Waals surface area (Å²) in [5, 5.41) is 7.75. The van der Waals surface area contributed by atoms with Crippen LogP contribution in [0.15, 0.2) is 40.2 Å². The van der Waals surface area contributed by atoms with E-state index in [1.807, 2.05) is 37.4 Å². The van der Waals surface area contributed by atoms with Gasteiger partial charge in [-0.2, -0.15) is 4.98 Å². The molecule has 0 saturated carbocycles. The van der Waals surface area contributed by atoms with E-state index >= 15 is 0 Å². The van der Waals surface area contributed by atoms with Crippen LogP contribution >= 0.6 is 23.4 Å². The molecule has 0 amide bonds. The summed E-state index contributed by atoms with van der Waals surface area (Å²) in [6.07, 6.45) is 3.62. The molecule has 1 fully saturated rings. The van der Waals surface area contributed by atoms with E-state index in [2.05, 4.69) is 20.6 Å². The van der Waals surface area contributed by atoms with Gasteiger partial charge in [0, 0.05) is 52.3 Å². The first kappa shape index (κ1) is 21.1. The van der Waals surface area contributed by atoms with Crippen molar-refractivity contribution in [2.75, 3.05) is 37.8 Å². The number of pyridine rings is 1. The van der Waals surface area contributed by atoms with Crippen molar-refractivity contribution in [2.24, 2.45) is 0 Å². The minimum atomic E-state index is -0.142. The van der Waals surface area contributed by atoms with Crippen molar-refractivity contribution >= 4 is 40.3 Å². The summed E-state index contributed by atoms with van der Waals surface area (Å²) in [4.78, 5) is 23.6. The van der Waals surface area contributed by atoms with E-state index in [0.717, 1.165) is 16.8 Å². The molecule has 158 valence electrons. The fourth-order valence-electron chi connectivity index (χ4n) is 3.55. The molecule has 0 spiro atoms. The lowest BCUT2D eigenvalue weighted by Crippen LogP contribution is -2.42. The third-order valence-electron chi connectivity index (χ3n) is 5.02. The Morgan fingerprint density at radius 3 is 2.93 bits per heavy atom. The standard InChI is InChI=1S/C21H24ClN5O2S/c1-3-24-21-25-10-13-8-17(16-5-4-15(30-2)9-18(16)22)20(28)27(19(13)26-21)12-14-11-23-6-7-29-14/h4-5,8-10,14,23H,3,6-7,11-12H2,1-2H3,(H,24,25,26). The number of fused-ring (bicyclic) bond motifs is 1. The molecule has 9 heteroatoms. The van der Waals surface area contributed by atoms with Gasteiger partial charge in [0.25, 0.3) is 5.56 Å². The van der Waals surface area contributed by atoms with E-state index in [-0.39, 0.29) is 11.7 Å². The summed E-state index contributed by atoms with van der Waals surface area (Å²) in [7, 11) is 0. The van der Waals surface area contributed by atoms with Crippen molar-refractivity contribution in [3.63, 3.8) is 0 Å². The molecular formula is C21H24ClN5O2S. The highest BCUT2D eigenvalue weighted by Crippen LogP contribution is 2.31. The van der Waals surface area contributed by atoms with Crippen molar-refractivity contribution in [3.8, 4) is 11.1 Å². The zero-order valence-corrected chi connectivity index (χ0v) is 18.5. The van der Waals surface area contributed by atoms with Crippen molar-refractivity contribution in [1.82, 2.24) is 19.9 Å². The van der Waals surface area contributed by atoms with Crippen LogP contribution in [0.4, 0.5) is 5.95 Å². The van der Waals surface area contributed by atoms with E-state index in [4.69, 9.17) is 16.3 Å². The largest absolute Gasteiger partial charge is 0.374 e. The van der Waals surface area contributed by atoms with Crippen LogP contribution in [0.3, 0.4) is 0 Å². The maximum atomic E-state index is 13.6. The molecule has 4 rings (SSSR count). The number of rotatable bonds is 6. The average molecular weight is 446 g/mol. The Balaban J connectivity index is 1.88. The van der Waals surface area contributed by atoms with Gasteiger partial charge in [-0.3, -0.25) is 9.36 Å². The number of halogens is 1. The van der Waals surface area contributed by atoms with Crippen LogP contribution in [-0.2, 0) is 11.3 Å². The second kappa shape index (κ2) is 9.34. The van der Waals surface area contributed by atoms with E-state index in [1.54, 1.807) is 22.5 Å². The molecule has 1 aliphatic heterocycles. The Labute approximate surface area is 184 Å². The van der Waals surface area contributed by atoms with Gasteiger partial charge >= 0.3 is 0 Å². The fourth-order valence-corrected chi connectivity index (χ4v) is 4.33. The van der Waals surface area contributed by atoms with Crippen LogP contribution < -0.4 is 16.2 Å². The summed E-state index contributed by atoms with van der Waals surface area (Å²) in [5.41, 5.74) is 1.68. The number of nitrogens with one attached hydrogen (secondary N) is 2. The molecule has 1 atom stereocenters. The summed E-state index contributed by atoms with van der Waals surface area (Å²) < 4.78 is 7.54. The highest BCUT2D eigenvalue weighted by molar-refractivity contribution is 7.98. The Bertz CT molecular complexity index is 1110. The fraction of sp³-hybridized carbons (Fsp3) is 0.381. The lowest BCUT2D eigenvalue weighted by atomic mass is 10.1. The number of hydrogen-bond donors (Lipinski definition) is 2. The SMILES string of the molecule is CCNc1ncc2cc(-c3ccc(SC)cc3Cl)c(=O)n(CC3CNCCO3)c2n1. The monoisotopic (exact) mass is 445 g/mol. The molecule has 1 aliphatic rings. The number of nitrogens with zero attached hydrogens (tertiary/aromatic N) is 3. The van der Waals surface area contributed by atoms with E-state index in [1.165, 1.54) is 0 Å². The zero-order chi connectivity index (χ0) is 21.1. The number of anilines is 1. The molecule has 0 aliphatic carbocycles. The molecule has 1 aromatic carbocycles. The Morgan fingerprint density at radius 2 is 2.23 bits per heavy atom. The predicted octanol–water partition coefficient (Wildman–Crippen LogP) is 3.25. The molecule has 7 nitrogen and oxygen atoms in total. The average Bonchev–Trinajstić information content (AvgIpc) is 2.77. The minimum absolute atomic E-state index is 0.109.